The van der Waals surface area contributed by atoms with E-state index in [1.54, 1.807) is 6.20 Å². The van der Waals surface area contributed by atoms with Crippen molar-refractivity contribution in [1.29, 1.82) is 0 Å². The Hall–Kier alpha value is -1.67. The normalized spacial score (nSPS) is 12.4. The predicted molar refractivity (Wildman–Crippen MR) is 61.4 cm³/mol. The summed E-state index contributed by atoms with van der Waals surface area (Å²) in [5.74, 6) is 0. The first kappa shape index (κ1) is 9.87. The molecule has 2 nitrogen and oxygen atoms in total. The van der Waals surface area contributed by atoms with Gasteiger partial charge in [0.15, 0.2) is 0 Å². The van der Waals surface area contributed by atoms with Crippen LogP contribution in [0.5, 0.6) is 0 Å². The van der Waals surface area contributed by atoms with Crippen molar-refractivity contribution in [2.45, 2.75) is 13.0 Å². The molecule has 15 heavy (non-hydrogen) atoms. The van der Waals surface area contributed by atoms with Crippen molar-refractivity contribution < 1.29 is 0 Å². The monoisotopic (exact) mass is 198 g/mol. The van der Waals surface area contributed by atoms with Crippen LogP contribution in [-0.2, 0) is 0 Å². The predicted octanol–water partition coefficient (Wildman–Crippen LogP) is 2.44. The second-order valence-electron chi connectivity index (χ2n) is 3.62. The third kappa shape index (κ3) is 2.22. The topological polar surface area (TPSA) is 38.9 Å². The van der Waals surface area contributed by atoms with E-state index < -0.39 is 0 Å². The molecule has 1 heterocycles. The summed E-state index contributed by atoms with van der Waals surface area (Å²) in [4.78, 5) is 4.16. The van der Waals surface area contributed by atoms with Gasteiger partial charge in [-0.15, -0.1) is 0 Å². The molecule has 0 spiro atoms. The highest BCUT2D eigenvalue weighted by Crippen LogP contribution is 2.18. The molecule has 76 valence electrons. The van der Waals surface area contributed by atoms with Crippen LogP contribution in [0.1, 0.15) is 22.9 Å². The van der Waals surface area contributed by atoms with E-state index in [0.717, 1.165) is 16.8 Å². The molecule has 1 aromatic carbocycles. The van der Waals surface area contributed by atoms with E-state index in [1.165, 1.54) is 0 Å². The van der Waals surface area contributed by atoms with Crippen LogP contribution >= 0.6 is 0 Å². The van der Waals surface area contributed by atoms with Crippen LogP contribution in [-0.4, -0.2) is 4.98 Å². The molecule has 0 aliphatic rings. The van der Waals surface area contributed by atoms with Gasteiger partial charge in [0, 0.05) is 11.9 Å². The molecule has 2 rings (SSSR count). The van der Waals surface area contributed by atoms with Gasteiger partial charge in [-0.2, -0.15) is 0 Å². The Labute approximate surface area is 89.8 Å². The molecule has 0 saturated carbocycles. The van der Waals surface area contributed by atoms with Crippen LogP contribution < -0.4 is 5.73 Å². The molecule has 0 saturated heterocycles. The van der Waals surface area contributed by atoms with Gasteiger partial charge >= 0.3 is 0 Å². The number of rotatable bonds is 2. The molecule has 0 radical (unpaired) electrons. The van der Waals surface area contributed by atoms with E-state index in [4.69, 9.17) is 5.73 Å². The molecule has 2 aromatic rings. The molecule has 0 aliphatic heterocycles. The van der Waals surface area contributed by atoms with Crippen LogP contribution in [0.3, 0.4) is 0 Å². The van der Waals surface area contributed by atoms with Crippen molar-refractivity contribution in [2.24, 2.45) is 5.73 Å². The lowest BCUT2D eigenvalue weighted by atomic mass is 10.0. The summed E-state index contributed by atoms with van der Waals surface area (Å²) in [7, 11) is 0. The molecular weight excluding hydrogens is 184 g/mol. The van der Waals surface area contributed by atoms with Gasteiger partial charge in [0.1, 0.15) is 0 Å². The van der Waals surface area contributed by atoms with E-state index in [1.807, 2.05) is 49.4 Å². The van der Waals surface area contributed by atoms with E-state index in [2.05, 4.69) is 4.98 Å². The largest absolute Gasteiger partial charge is 0.320 e. The van der Waals surface area contributed by atoms with Crippen LogP contribution in [0.25, 0.3) is 0 Å². The summed E-state index contributed by atoms with van der Waals surface area (Å²) in [6, 6.07) is 14.0. The zero-order valence-corrected chi connectivity index (χ0v) is 8.72. The van der Waals surface area contributed by atoms with Crippen molar-refractivity contribution >= 4 is 0 Å². The molecule has 2 N–H and O–H groups in total. The maximum absolute atomic E-state index is 6.16. The fourth-order valence-electron chi connectivity index (χ4n) is 1.61. The summed E-state index contributed by atoms with van der Waals surface area (Å²) in [6.45, 7) is 1.97. The van der Waals surface area contributed by atoms with E-state index in [0.29, 0.717) is 0 Å². The fraction of sp³-hybridized carbons (Fsp3) is 0.154. The SMILES string of the molecule is Cc1cc(C(N)c2ccccc2)ccn1. The molecule has 1 unspecified atom stereocenters. The number of nitrogens with zero attached hydrogens (tertiary/aromatic N) is 1. The van der Waals surface area contributed by atoms with Gasteiger partial charge in [0.05, 0.1) is 6.04 Å². The molecule has 2 heteroatoms. The standard InChI is InChI=1S/C13H14N2/c1-10-9-12(7-8-15-10)13(14)11-5-3-2-4-6-11/h2-9,13H,14H2,1H3. The lowest BCUT2D eigenvalue weighted by Crippen LogP contribution is -2.11. The van der Waals surface area contributed by atoms with Crippen LogP contribution in [0, 0.1) is 6.92 Å². The summed E-state index contributed by atoms with van der Waals surface area (Å²) in [5, 5.41) is 0. The molecular formula is C13H14N2. The molecule has 0 bridgehead atoms. The lowest BCUT2D eigenvalue weighted by Gasteiger charge is -2.12. The van der Waals surface area contributed by atoms with Crippen LogP contribution in [0.2, 0.25) is 0 Å². The minimum atomic E-state index is -0.0621. The molecule has 0 amide bonds. The quantitative estimate of drug-likeness (QED) is 0.805. The Morgan fingerprint density at radius 3 is 2.47 bits per heavy atom. The average Bonchev–Trinajstić information content (AvgIpc) is 2.29. The van der Waals surface area contributed by atoms with Gasteiger partial charge in [-0.05, 0) is 30.2 Å². The van der Waals surface area contributed by atoms with Crippen molar-refractivity contribution in [3.63, 3.8) is 0 Å². The number of hydrogen-bond acceptors (Lipinski definition) is 2. The Morgan fingerprint density at radius 2 is 1.80 bits per heavy atom. The minimum absolute atomic E-state index is 0.0621. The summed E-state index contributed by atoms with van der Waals surface area (Å²) >= 11 is 0. The molecule has 1 atom stereocenters. The van der Waals surface area contributed by atoms with Crippen molar-refractivity contribution in [3.8, 4) is 0 Å². The van der Waals surface area contributed by atoms with Crippen molar-refractivity contribution in [1.82, 2.24) is 4.98 Å². The number of hydrogen-bond donors (Lipinski definition) is 1. The lowest BCUT2D eigenvalue weighted by molar-refractivity contribution is 0.864. The van der Waals surface area contributed by atoms with Crippen LogP contribution in [0.4, 0.5) is 0 Å². The third-order valence-corrected chi connectivity index (χ3v) is 2.44. The highest BCUT2D eigenvalue weighted by Gasteiger charge is 2.07. The Morgan fingerprint density at radius 1 is 1.07 bits per heavy atom. The van der Waals surface area contributed by atoms with Gasteiger partial charge in [0.25, 0.3) is 0 Å². The van der Waals surface area contributed by atoms with Crippen molar-refractivity contribution in [3.05, 3.63) is 65.5 Å². The minimum Gasteiger partial charge on any atom is -0.320 e. The molecule has 0 aliphatic carbocycles. The van der Waals surface area contributed by atoms with Gasteiger partial charge in [0.2, 0.25) is 0 Å². The number of benzene rings is 1. The first-order valence-electron chi connectivity index (χ1n) is 5.00. The Bertz CT molecular complexity index is 437. The summed E-state index contributed by atoms with van der Waals surface area (Å²) in [5.41, 5.74) is 9.39. The molecule has 1 aromatic heterocycles. The van der Waals surface area contributed by atoms with Gasteiger partial charge in [-0.25, -0.2) is 0 Å². The Kier molecular flexibility index (Phi) is 2.79. The second kappa shape index (κ2) is 4.24. The third-order valence-electron chi connectivity index (χ3n) is 2.44. The average molecular weight is 198 g/mol. The maximum Gasteiger partial charge on any atom is 0.0552 e. The Balaban J connectivity index is 2.32. The number of aromatic nitrogens is 1. The van der Waals surface area contributed by atoms with Crippen LogP contribution in [0.15, 0.2) is 48.7 Å². The van der Waals surface area contributed by atoms with Gasteiger partial charge in [-0.1, -0.05) is 30.3 Å². The number of aryl methyl sites for hydroxylation is 1. The first-order valence-corrected chi connectivity index (χ1v) is 5.00. The maximum atomic E-state index is 6.16. The van der Waals surface area contributed by atoms with E-state index in [9.17, 15) is 0 Å². The number of pyridine rings is 1. The van der Waals surface area contributed by atoms with Crippen molar-refractivity contribution in [2.75, 3.05) is 0 Å². The number of nitrogens with two attached hydrogens (primary N) is 1. The summed E-state index contributed by atoms with van der Waals surface area (Å²) < 4.78 is 0. The van der Waals surface area contributed by atoms with Gasteiger partial charge < -0.3 is 5.73 Å². The smallest absolute Gasteiger partial charge is 0.0552 e. The first-order chi connectivity index (χ1) is 7.27. The van der Waals surface area contributed by atoms with E-state index in [-0.39, 0.29) is 6.04 Å². The summed E-state index contributed by atoms with van der Waals surface area (Å²) in [6.07, 6.45) is 1.80. The highest BCUT2D eigenvalue weighted by atomic mass is 14.7. The second-order valence-corrected chi connectivity index (χ2v) is 3.62. The zero-order chi connectivity index (χ0) is 10.7. The van der Waals surface area contributed by atoms with Gasteiger partial charge in [-0.3, -0.25) is 4.98 Å². The fourth-order valence-corrected chi connectivity index (χ4v) is 1.61. The zero-order valence-electron chi connectivity index (χ0n) is 8.72. The molecule has 0 fully saturated rings. The highest BCUT2D eigenvalue weighted by molar-refractivity contribution is 5.30. The van der Waals surface area contributed by atoms with E-state index >= 15 is 0 Å².